The highest BCUT2D eigenvalue weighted by Crippen LogP contribution is 2.43. The van der Waals surface area contributed by atoms with Crippen LogP contribution in [0, 0.1) is 11.8 Å². The van der Waals surface area contributed by atoms with E-state index in [0.29, 0.717) is 5.54 Å². The molecular weight excluding hydrogens is 220 g/mol. The lowest BCUT2D eigenvalue weighted by atomic mass is 9.68. The molecule has 0 spiro atoms. The molecule has 0 radical (unpaired) electrons. The molecule has 2 saturated carbocycles. The fraction of sp³-hybridized carbons (Fsp3) is 1.00. The highest BCUT2D eigenvalue weighted by molar-refractivity contribution is 5.02. The van der Waals surface area contributed by atoms with Crippen molar-refractivity contribution in [2.75, 3.05) is 13.1 Å². The summed E-state index contributed by atoms with van der Waals surface area (Å²) in [6, 6.07) is 0.814. The number of nitrogens with two attached hydrogens (primary N) is 1. The van der Waals surface area contributed by atoms with Crippen molar-refractivity contribution in [3.63, 3.8) is 0 Å². The van der Waals surface area contributed by atoms with Gasteiger partial charge in [0.05, 0.1) is 0 Å². The lowest BCUT2D eigenvalue weighted by molar-refractivity contribution is -0.0243. The van der Waals surface area contributed by atoms with Gasteiger partial charge in [-0.2, -0.15) is 0 Å². The van der Waals surface area contributed by atoms with Gasteiger partial charge in [0.25, 0.3) is 0 Å². The first-order chi connectivity index (χ1) is 8.64. The quantitative estimate of drug-likeness (QED) is 0.831. The first-order valence-electron chi connectivity index (χ1n) is 8.11. The SMILES string of the molecule is CCN(C1CCCC1)C1(CN)CCC(C)CC1C. The van der Waals surface area contributed by atoms with Gasteiger partial charge in [-0.15, -0.1) is 0 Å². The second kappa shape index (κ2) is 5.92. The zero-order valence-electron chi connectivity index (χ0n) is 12.6. The van der Waals surface area contributed by atoms with E-state index in [1.807, 2.05) is 0 Å². The van der Waals surface area contributed by atoms with E-state index < -0.39 is 0 Å². The van der Waals surface area contributed by atoms with E-state index in [9.17, 15) is 0 Å². The van der Waals surface area contributed by atoms with Crippen molar-refractivity contribution in [1.29, 1.82) is 0 Å². The van der Waals surface area contributed by atoms with Crippen molar-refractivity contribution in [2.24, 2.45) is 17.6 Å². The predicted molar refractivity (Wildman–Crippen MR) is 78.6 cm³/mol. The van der Waals surface area contributed by atoms with Gasteiger partial charge in [-0.1, -0.05) is 33.6 Å². The summed E-state index contributed by atoms with van der Waals surface area (Å²) in [6.45, 7) is 9.22. The van der Waals surface area contributed by atoms with Crippen LogP contribution in [0.1, 0.15) is 65.7 Å². The topological polar surface area (TPSA) is 29.3 Å². The Hall–Kier alpha value is -0.0800. The van der Waals surface area contributed by atoms with Crippen LogP contribution in [-0.4, -0.2) is 29.6 Å². The van der Waals surface area contributed by atoms with Crippen LogP contribution < -0.4 is 5.73 Å². The maximum atomic E-state index is 6.28. The molecule has 2 fully saturated rings. The summed E-state index contributed by atoms with van der Waals surface area (Å²) >= 11 is 0. The Morgan fingerprint density at radius 1 is 1.17 bits per heavy atom. The van der Waals surface area contributed by atoms with Crippen LogP contribution >= 0.6 is 0 Å². The van der Waals surface area contributed by atoms with Crippen LogP contribution in [0.5, 0.6) is 0 Å². The second-order valence-electron chi connectivity index (χ2n) is 6.81. The van der Waals surface area contributed by atoms with Gasteiger partial charge in [0, 0.05) is 18.1 Å². The van der Waals surface area contributed by atoms with Crippen molar-refractivity contribution in [3.05, 3.63) is 0 Å². The normalized spacial score (nSPS) is 38.5. The number of likely N-dealkylation sites (N-methyl/N-ethyl adjacent to an activating group) is 1. The van der Waals surface area contributed by atoms with E-state index in [2.05, 4.69) is 25.7 Å². The van der Waals surface area contributed by atoms with Gasteiger partial charge in [-0.3, -0.25) is 4.90 Å². The van der Waals surface area contributed by atoms with Crippen LogP contribution in [0.4, 0.5) is 0 Å². The summed E-state index contributed by atoms with van der Waals surface area (Å²) in [5.41, 5.74) is 6.58. The Labute approximate surface area is 113 Å². The largest absolute Gasteiger partial charge is 0.329 e. The zero-order chi connectivity index (χ0) is 13.2. The molecule has 0 aromatic rings. The molecule has 18 heavy (non-hydrogen) atoms. The summed E-state index contributed by atoms with van der Waals surface area (Å²) in [7, 11) is 0. The molecule has 0 aromatic carbocycles. The van der Waals surface area contributed by atoms with Gasteiger partial charge in [-0.25, -0.2) is 0 Å². The second-order valence-corrected chi connectivity index (χ2v) is 6.81. The molecule has 2 aliphatic carbocycles. The van der Waals surface area contributed by atoms with Gasteiger partial charge < -0.3 is 5.73 Å². The van der Waals surface area contributed by atoms with Crippen molar-refractivity contribution in [3.8, 4) is 0 Å². The lowest BCUT2D eigenvalue weighted by Crippen LogP contribution is -2.62. The van der Waals surface area contributed by atoms with Crippen molar-refractivity contribution < 1.29 is 0 Å². The Morgan fingerprint density at radius 2 is 1.83 bits per heavy atom. The molecule has 0 bridgehead atoms. The number of hydrogen-bond donors (Lipinski definition) is 1. The van der Waals surface area contributed by atoms with Gasteiger partial charge >= 0.3 is 0 Å². The minimum absolute atomic E-state index is 0.302. The molecule has 3 unspecified atom stereocenters. The third kappa shape index (κ3) is 2.46. The molecule has 0 heterocycles. The van der Waals surface area contributed by atoms with Gasteiger partial charge in [-0.05, 0) is 50.5 Å². The standard InChI is InChI=1S/C16H32N2/c1-4-18(15-7-5-6-8-15)16(12-17)10-9-13(2)11-14(16)3/h13-15H,4-12,17H2,1-3H3. The van der Waals surface area contributed by atoms with Crippen molar-refractivity contribution in [2.45, 2.75) is 77.3 Å². The fourth-order valence-corrected chi connectivity index (χ4v) is 4.68. The van der Waals surface area contributed by atoms with Gasteiger partial charge in [0.15, 0.2) is 0 Å². The van der Waals surface area contributed by atoms with E-state index >= 15 is 0 Å². The van der Waals surface area contributed by atoms with Crippen molar-refractivity contribution >= 4 is 0 Å². The molecule has 0 aliphatic heterocycles. The Bertz CT molecular complexity index is 260. The summed E-state index contributed by atoms with van der Waals surface area (Å²) in [6.07, 6.45) is 9.69. The summed E-state index contributed by atoms with van der Waals surface area (Å²) in [5, 5.41) is 0. The monoisotopic (exact) mass is 252 g/mol. The number of hydrogen-bond acceptors (Lipinski definition) is 2. The average Bonchev–Trinajstić information content (AvgIpc) is 2.87. The number of nitrogens with zero attached hydrogens (tertiary/aromatic N) is 1. The lowest BCUT2D eigenvalue weighted by Gasteiger charge is -2.53. The van der Waals surface area contributed by atoms with Gasteiger partial charge in [0.2, 0.25) is 0 Å². The van der Waals surface area contributed by atoms with E-state index in [4.69, 9.17) is 5.73 Å². The maximum Gasteiger partial charge on any atom is 0.0360 e. The van der Waals surface area contributed by atoms with Crippen molar-refractivity contribution in [1.82, 2.24) is 4.90 Å². The predicted octanol–water partition coefficient (Wildman–Crippen LogP) is 3.40. The molecule has 0 aromatic heterocycles. The smallest absolute Gasteiger partial charge is 0.0360 e. The Kier molecular flexibility index (Phi) is 4.71. The molecule has 0 amide bonds. The molecule has 2 heteroatoms. The highest BCUT2D eigenvalue weighted by atomic mass is 15.2. The molecule has 3 atom stereocenters. The zero-order valence-corrected chi connectivity index (χ0v) is 12.6. The summed E-state index contributed by atoms with van der Waals surface area (Å²) in [4.78, 5) is 2.80. The van der Waals surface area contributed by atoms with Crippen LogP contribution in [0.25, 0.3) is 0 Å². The third-order valence-electron chi connectivity index (χ3n) is 5.77. The van der Waals surface area contributed by atoms with Crippen LogP contribution in [0.2, 0.25) is 0 Å². The summed E-state index contributed by atoms with van der Waals surface area (Å²) in [5.74, 6) is 1.65. The van der Waals surface area contributed by atoms with E-state index in [1.54, 1.807) is 0 Å². The first kappa shape index (κ1) is 14.3. The number of rotatable bonds is 4. The van der Waals surface area contributed by atoms with E-state index in [-0.39, 0.29) is 0 Å². The van der Waals surface area contributed by atoms with Crippen LogP contribution in [0.15, 0.2) is 0 Å². The highest BCUT2D eigenvalue weighted by Gasteiger charge is 2.45. The van der Waals surface area contributed by atoms with E-state index in [1.165, 1.54) is 51.5 Å². The maximum absolute atomic E-state index is 6.28. The molecule has 2 N–H and O–H groups in total. The minimum atomic E-state index is 0.302. The minimum Gasteiger partial charge on any atom is -0.329 e. The van der Waals surface area contributed by atoms with E-state index in [0.717, 1.165) is 24.4 Å². The molecule has 2 rings (SSSR count). The fourth-order valence-electron chi connectivity index (χ4n) is 4.68. The summed E-state index contributed by atoms with van der Waals surface area (Å²) < 4.78 is 0. The first-order valence-corrected chi connectivity index (χ1v) is 8.11. The average molecular weight is 252 g/mol. The van der Waals surface area contributed by atoms with Crippen LogP contribution in [0.3, 0.4) is 0 Å². The Balaban J connectivity index is 2.17. The molecular formula is C16H32N2. The van der Waals surface area contributed by atoms with Gasteiger partial charge in [0.1, 0.15) is 0 Å². The molecule has 106 valence electrons. The van der Waals surface area contributed by atoms with Crippen LogP contribution in [-0.2, 0) is 0 Å². The molecule has 0 saturated heterocycles. The molecule has 2 nitrogen and oxygen atoms in total. The third-order valence-corrected chi connectivity index (χ3v) is 5.77. The molecule has 2 aliphatic rings. The Morgan fingerprint density at radius 3 is 2.33 bits per heavy atom.